The van der Waals surface area contributed by atoms with E-state index in [1.54, 1.807) is 47.2 Å². The summed E-state index contributed by atoms with van der Waals surface area (Å²) in [5.41, 5.74) is 3.56. The number of carbonyl (C=O) groups is 2. The normalized spacial score (nSPS) is 11.0. The monoisotopic (exact) mass is 394 g/mol. The van der Waals surface area contributed by atoms with E-state index < -0.39 is 12.6 Å². The lowest BCUT2D eigenvalue weighted by Crippen LogP contribution is -2.09. The van der Waals surface area contributed by atoms with Gasteiger partial charge in [0.1, 0.15) is 11.6 Å². The van der Waals surface area contributed by atoms with Crippen molar-refractivity contribution in [3.8, 4) is 11.4 Å². The van der Waals surface area contributed by atoms with Gasteiger partial charge in [-0.15, -0.1) is 0 Å². The van der Waals surface area contributed by atoms with Crippen molar-refractivity contribution in [3.63, 3.8) is 0 Å². The van der Waals surface area contributed by atoms with Crippen molar-refractivity contribution in [2.24, 2.45) is 0 Å². The number of hydrogen-bond donors (Lipinski definition) is 1. The molecule has 1 heterocycles. The Balaban J connectivity index is 1.76. The first-order chi connectivity index (χ1) is 13.8. The minimum atomic E-state index is -1.07. The molecule has 1 N–H and O–H groups in total. The maximum absolute atomic E-state index is 13.1. The molecule has 0 aliphatic heterocycles. The number of ketones is 1. The highest BCUT2D eigenvalue weighted by atomic mass is 19.1. The zero-order valence-corrected chi connectivity index (χ0v) is 15.9. The molecule has 29 heavy (non-hydrogen) atoms. The molecule has 0 fully saturated rings. The summed E-state index contributed by atoms with van der Waals surface area (Å²) in [6.07, 6.45) is 3.16. The molecule has 0 saturated heterocycles. The highest BCUT2D eigenvalue weighted by Crippen LogP contribution is 2.20. The summed E-state index contributed by atoms with van der Waals surface area (Å²) in [6.45, 7) is 3.28. The molecule has 1 aromatic heterocycles. The summed E-state index contributed by atoms with van der Waals surface area (Å²) in [4.78, 5) is 23.0. The molecule has 0 bridgehead atoms. The summed E-state index contributed by atoms with van der Waals surface area (Å²) in [7, 11) is 0. The average Bonchev–Trinajstić information content (AvgIpc) is 2.99. The van der Waals surface area contributed by atoms with Gasteiger partial charge in [-0.1, -0.05) is 0 Å². The third-order valence-electron chi connectivity index (χ3n) is 4.32. The standard InChI is InChI=1S/C22H19FN2O4/c1-14-20(15(2)25(24-14)18-7-5-17(23)6-8-18)11-12-21(26)16-3-9-19(10-4-16)29-13-22(27)28/h3-12H,13H2,1-2H3,(H,27,28)/b12-11+. The van der Waals surface area contributed by atoms with E-state index >= 15 is 0 Å². The second-order valence-electron chi connectivity index (χ2n) is 6.38. The molecule has 7 heteroatoms. The number of carbonyl (C=O) groups excluding carboxylic acids is 1. The molecule has 0 saturated carbocycles. The summed E-state index contributed by atoms with van der Waals surface area (Å²) < 4.78 is 19.9. The van der Waals surface area contributed by atoms with Crippen molar-refractivity contribution in [2.75, 3.05) is 6.61 Å². The van der Waals surface area contributed by atoms with Gasteiger partial charge in [0.2, 0.25) is 0 Å². The maximum Gasteiger partial charge on any atom is 0.341 e. The molecular formula is C22H19FN2O4. The van der Waals surface area contributed by atoms with Gasteiger partial charge in [0, 0.05) is 16.8 Å². The van der Waals surface area contributed by atoms with Crippen molar-refractivity contribution in [3.05, 3.63) is 82.9 Å². The number of rotatable bonds is 7. The number of halogens is 1. The van der Waals surface area contributed by atoms with Gasteiger partial charge in [-0.05, 0) is 74.5 Å². The van der Waals surface area contributed by atoms with E-state index in [9.17, 15) is 14.0 Å². The fourth-order valence-electron chi connectivity index (χ4n) is 2.85. The molecule has 0 radical (unpaired) electrons. The minimum absolute atomic E-state index is 0.205. The number of carboxylic acids is 1. The number of hydrogen-bond acceptors (Lipinski definition) is 4. The van der Waals surface area contributed by atoms with Crippen molar-refractivity contribution in [2.45, 2.75) is 13.8 Å². The Kier molecular flexibility index (Phi) is 5.87. The Bertz CT molecular complexity index is 1070. The molecule has 3 rings (SSSR count). The Hall–Kier alpha value is -3.74. The van der Waals surface area contributed by atoms with Crippen LogP contribution in [0.5, 0.6) is 5.75 Å². The van der Waals surface area contributed by atoms with Gasteiger partial charge in [-0.3, -0.25) is 4.79 Å². The van der Waals surface area contributed by atoms with Crippen LogP contribution in [-0.4, -0.2) is 33.2 Å². The van der Waals surface area contributed by atoms with Crippen molar-refractivity contribution < 1.29 is 23.8 Å². The largest absolute Gasteiger partial charge is 0.482 e. The van der Waals surface area contributed by atoms with Crippen LogP contribution in [0.3, 0.4) is 0 Å². The third kappa shape index (κ3) is 4.76. The van der Waals surface area contributed by atoms with Gasteiger partial charge in [-0.2, -0.15) is 5.10 Å². The lowest BCUT2D eigenvalue weighted by Gasteiger charge is -2.04. The fourth-order valence-corrected chi connectivity index (χ4v) is 2.85. The van der Waals surface area contributed by atoms with Crippen molar-refractivity contribution >= 4 is 17.8 Å². The van der Waals surface area contributed by atoms with Gasteiger partial charge < -0.3 is 9.84 Å². The average molecular weight is 394 g/mol. The highest BCUT2D eigenvalue weighted by molar-refractivity contribution is 6.07. The first kappa shape index (κ1) is 20.0. The zero-order chi connectivity index (χ0) is 21.0. The molecule has 2 aromatic carbocycles. The SMILES string of the molecule is Cc1nn(-c2ccc(F)cc2)c(C)c1/C=C/C(=O)c1ccc(OCC(=O)O)cc1. The van der Waals surface area contributed by atoms with Crippen LogP contribution >= 0.6 is 0 Å². The molecule has 6 nitrogen and oxygen atoms in total. The molecule has 148 valence electrons. The van der Waals surface area contributed by atoms with Gasteiger partial charge in [0.25, 0.3) is 0 Å². The predicted octanol–water partition coefficient (Wildman–Crippen LogP) is 3.99. The minimum Gasteiger partial charge on any atom is -0.482 e. The lowest BCUT2D eigenvalue weighted by molar-refractivity contribution is -0.139. The Morgan fingerprint density at radius 1 is 1.10 bits per heavy atom. The van der Waals surface area contributed by atoms with E-state index in [1.807, 2.05) is 13.8 Å². The second-order valence-corrected chi connectivity index (χ2v) is 6.38. The summed E-state index contributed by atoms with van der Waals surface area (Å²) in [6, 6.07) is 12.3. The van der Waals surface area contributed by atoms with Gasteiger partial charge >= 0.3 is 5.97 Å². The van der Waals surface area contributed by atoms with E-state index in [4.69, 9.17) is 9.84 Å². The van der Waals surface area contributed by atoms with E-state index in [0.29, 0.717) is 11.3 Å². The number of benzene rings is 2. The number of carboxylic acid groups (broad SMARTS) is 1. The van der Waals surface area contributed by atoms with Crippen LogP contribution in [0.15, 0.2) is 54.6 Å². The number of ether oxygens (including phenoxy) is 1. The van der Waals surface area contributed by atoms with Crippen molar-refractivity contribution in [1.29, 1.82) is 0 Å². The molecule has 3 aromatic rings. The van der Waals surface area contributed by atoms with Gasteiger partial charge in [-0.25, -0.2) is 13.9 Å². The number of allylic oxidation sites excluding steroid dienone is 1. The molecule has 0 unspecified atom stereocenters. The van der Waals surface area contributed by atoms with Crippen LogP contribution in [0.4, 0.5) is 4.39 Å². The quantitative estimate of drug-likeness (QED) is 0.484. The summed E-state index contributed by atoms with van der Waals surface area (Å²) >= 11 is 0. The van der Waals surface area contributed by atoms with Crippen LogP contribution in [0.25, 0.3) is 11.8 Å². The number of nitrogens with zero attached hydrogens (tertiary/aromatic N) is 2. The van der Waals surface area contributed by atoms with E-state index in [2.05, 4.69) is 5.10 Å². The zero-order valence-electron chi connectivity index (χ0n) is 15.9. The fraction of sp³-hybridized carbons (Fsp3) is 0.136. The third-order valence-corrected chi connectivity index (χ3v) is 4.32. The number of aliphatic carboxylic acids is 1. The van der Waals surface area contributed by atoms with Crippen LogP contribution in [0, 0.1) is 19.7 Å². The van der Waals surface area contributed by atoms with Crippen LogP contribution in [0.2, 0.25) is 0 Å². The van der Waals surface area contributed by atoms with E-state index in [-0.39, 0.29) is 11.6 Å². The Morgan fingerprint density at radius 3 is 2.38 bits per heavy atom. The lowest BCUT2D eigenvalue weighted by atomic mass is 10.1. The molecule has 0 atom stereocenters. The smallest absolute Gasteiger partial charge is 0.341 e. The van der Waals surface area contributed by atoms with E-state index in [1.165, 1.54) is 18.2 Å². The maximum atomic E-state index is 13.1. The van der Waals surface area contributed by atoms with Crippen LogP contribution in [0.1, 0.15) is 27.3 Å². The summed E-state index contributed by atoms with van der Waals surface area (Å²) in [5.74, 6) is -1.22. The number of aryl methyl sites for hydroxylation is 1. The Labute approximate surface area is 166 Å². The predicted molar refractivity (Wildman–Crippen MR) is 106 cm³/mol. The van der Waals surface area contributed by atoms with Crippen molar-refractivity contribution in [1.82, 2.24) is 9.78 Å². The highest BCUT2D eigenvalue weighted by Gasteiger charge is 2.11. The van der Waals surface area contributed by atoms with Gasteiger partial charge in [0.05, 0.1) is 11.4 Å². The summed E-state index contributed by atoms with van der Waals surface area (Å²) in [5, 5.41) is 13.1. The molecule has 0 spiro atoms. The first-order valence-electron chi connectivity index (χ1n) is 8.84. The molecule has 0 amide bonds. The molecular weight excluding hydrogens is 375 g/mol. The van der Waals surface area contributed by atoms with Crippen LogP contribution < -0.4 is 4.74 Å². The topological polar surface area (TPSA) is 81.4 Å². The number of aromatic nitrogens is 2. The Morgan fingerprint density at radius 2 is 1.76 bits per heavy atom. The van der Waals surface area contributed by atoms with Crippen LogP contribution in [-0.2, 0) is 4.79 Å². The van der Waals surface area contributed by atoms with Gasteiger partial charge in [0.15, 0.2) is 12.4 Å². The molecule has 0 aliphatic carbocycles. The second kappa shape index (κ2) is 8.52. The van der Waals surface area contributed by atoms with E-state index in [0.717, 1.165) is 22.6 Å². The molecule has 0 aliphatic rings. The first-order valence-corrected chi connectivity index (χ1v) is 8.84.